The van der Waals surface area contributed by atoms with E-state index in [1.54, 1.807) is 48.5 Å². The summed E-state index contributed by atoms with van der Waals surface area (Å²) in [5, 5.41) is 26.3. The van der Waals surface area contributed by atoms with Crippen molar-refractivity contribution in [3.8, 4) is 11.5 Å². The lowest BCUT2D eigenvalue weighted by molar-refractivity contribution is 0.101. The molecule has 3 rings (SSSR count). The summed E-state index contributed by atoms with van der Waals surface area (Å²) in [4.78, 5) is 26.0. The zero-order chi connectivity index (χ0) is 28.7. The molecule has 0 spiro atoms. The molecule has 0 radical (unpaired) electrons. The van der Waals surface area contributed by atoms with E-state index in [4.69, 9.17) is 0 Å². The van der Waals surface area contributed by atoms with E-state index in [2.05, 4.69) is 24.5 Å². The van der Waals surface area contributed by atoms with Crippen LogP contribution in [0, 0.1) is 0 Å². The highest BCUT2D eigenvalue weighted by molar-refractivity contribution is 6.08. The molecule has 2 amide bonds. The van der Waals surface area contributed by atoms with Gasteiger partial charge in [0.15, 0.2) is 0 Å². The first-order chi connectivity index (χ1) is 19.4. The summed E-state index contributed by atoms with van der Waals surface area (Å²) in [6.07, 6.45) is 13.4. The molecule has 40 heavy (non-hydrogen) atoms. The van der Waals surface area contributed by atoms with E-state index in [9.17, 15) is 19.8 Å². The van der Waals surface area contributed by atoms with Crippen molar-refractivity contribution >= 4 is 23.2 Å². The molecule has 214 valence electrons. The third-order valence-corrected chi connectivity index (χ3v) is 7.13. The molecular weight excluding hydrogens is 500 g/mol. The summed E-state index contributed by atoms with van der Waals surface area (Å²) in [6, 6.07) is 17.2. The standard InChI is InChI=1S/C34H44N2O4/c1-3-5-7-9-11-14-25-18-20-31(37)29(22-25)33(39)35-27-16-13-17-28(24-27)36-34(40)30-23-26(19-21-32(30)38)15-12-10-8-6-4-2/h13,16-24,37-38H,3-12,14-15H2,1-2H3,(H,35,39)(H,36,40). The lowest BCUT2D eigenvalue weighted by Crippen LogP contribution is -2.14. The molecule has 0 aliphatic rings. The number of amides is 2. The smallest absolute Gasteiger partial charge is 0.259 e. The van der Waals surface area contributed by atoms with Gasteiger partial charge in [-0.1, -0.05) is 83.4 Å². The van der Waals surface area contributed by atoms with Crippen LogP contribution in [0.4, 0.5) is 11.4 Å². The van der Waals surface area contributed by atoms with Gasteiger partial charge >= 0.3 is 0 Å². The predicted octanol–water partition coefficient (Wildman–Crippen LogP) is 8.63. The number of carbonyl (C=O) groups is 2. The van der Waals surface area contributed by atoms with Crippen molar-refractivity contribution < 1.29 is 19.8 Å². The van der Waals surface area contributed by atoms with Crippen molar-refractivity contribution in [2.75, 3.05) is 10.6 Å². The number of aromatic hydroxyl groups is 2. The zero-order valence-corrected chi connectivity index (χ0v) is 24.0. The van der Waals surface area contributed by atoms with Crippen LogP contribution in [0.3, 0.4) is 0 Å². The number of anilines is 2. The van der Waals surface area contributed by atoms with E-state index in [-0.39, 0.29) is 22.6 Å². The Bertz CT molecular complexity index is 1160. The first kappa shape index (κ1) is 30.7. The Kier molecular flexibility index (Phi) is 12.6. The Labute approximate surface area is 238 Å². The Morgan fingerprint density at radius 1 is 0.575 bits per heavy atom. The number of benzene rings is 3. The molecular formula is C34H44N2O4. The molecule has 0 saturated carbocycles. The maximum Gasteiger partial charge on any atom is 0.259 e. The highest BCUT2D eigenvalue weighted by Gasteiger charge is 2.15. The fourth-order valence-corrected chi connectivity index (χ4v) is 4.78. The van der Waals surface area contributed by atoms with Crippen LogP contribution in [0.1, 0.15) is 110 Å². The van der Waals surface area contributed by atoms with Crippen LogP contribution < -0.4 is 10.6 Å². The number of rotatable bonds is 16. The van der Waals surface area contributed by atoms with Crippen LogP contribution >= 0.6 is 0 Å². The number of carbonyl (C=O) groups excluding carboxylic acids is 2. The summed E-state index contributed by atoms with van der Waals surface area (Å²) in [5.41, 5.74) is 3.44. The second kappa shape index (κ2) is 16.3. The Morgan fingerprint density at radius 3 is 1.43 bits per heavy atom. The van der Waals surface area contributed by atoms with E-state index >= 15 is 0 Å². The number of aryl methyl sites for hydroxylation is 2. The van der Waals surface area contributed by atoms with E-state index in [0.717, 1.165) is 49.7 Å². The van der Waals surface area contributed by atoms with Crippen molar-refractivity contribution in [1.82, 2.24) is 0 Å². The van der Waals surface area contributed by atoms with Crippen molar-refractivity contribution in [2.45, 2.75) is 90.9 Å². The summed E-state index contributed by atoms with van der Waals surface area (Å²) < 4.78 is 0. The Morgan fingerprint density at radius 2 is 1.00 bits per heavy atom. The number of hydrogen-bond acceptors (Lipinski definition) is 4. The summed E-state index contributed by atoms with van der Waals surface area (Å²) >= 11 is 0. The maximum absolute atomic E-state index is 13.0. The lowest BCUT2D eigenvalue weighted by atomic mass is 10.0. The van der Waals surface area contributed by atoms with Gasteiger partial charge < -0.3 is 20.8 Å². The summed E-state index contributed by atoms with van der Waals surface area (Å²) in [6.45, 7) is 4.38. The summed E-state index contributed by atoms with van der Waals surface area (Å²) in [7, 11) is 0. The molecule has 0 bridgehead atoms. The molecule has 0 fully saturated rings. The molecule has 3 aromatic rings. The van der Waals surface area contributed by atoms with E-state index in [0.29, 0.717) is 11.4 Å². The number of phenolic OH excluding ortho intramolecular Hbond substituents is 2. The molecule has 0 aliphatic carbocycles. The molecule has 0 saturated heterocycles. The maximum atomic E-state index is 13.0. The van der Waals surface area contributed by atoms with Gasteiger partial charge in [0.1, 0.15) is 11.5 Å². The van der Waals surface area contributed by atoms with Crippen molar-refractivity contribution in [1.29, 1.82) is 0 Å². The highest BCUT2D eigenvalue weighted by atomic mass is 16.3. The van der Waals surface area contributed by atoms with Gasteiger partial charge in [-0.25, -0.2) is 0 Å². The van der Waals surface area contributed by atoms with Gasteiger partial charge in [-0.15, -0.1) is 0 Å². The second-order valence-electron chi connectivity index (χ2n) is 10.5. The van der Waals surface area contributed by atoms with E-state index in [1.807, 2.05) is 12.1 Å². The monoisotopic (exact) mass is 544 g/mol. The van der Waals surface area contributed by atoms with Crippen molar-refractivity contribution in [3.05, 3.63) is 82.9 Å². The van der Waals surface area contributed by atoms with Crippen LogP contribution in [-0.2, 0) is 12.8 Å². The number of hydrogen-bond donors (Lipinski definition) is 4. The first-order valence-corrected chi connectivity index (χ1v) is 14.8. The van der Waals surface area contributed by atoms with Gasteiger partial charge in [0.05, 0.1) is 11.1 Å². The molecule has 0 aromatic heterocycles. The van der Waals surface area contributed by atoms with E-state index < -0.39 is 11.8 Å². The Hall–Kier alpha value is -3.80. The fraction of sp³-hybridized carbons (Fsp3) is 0.412. The number of phenols is 2. The zero-order valence-electron chi connectivity index (χ0n) is 24.0. The van der Waals surface area contributed by atoms with Gasteiger partial charge in [0.2, 0.25) is 0 Å². The Balaban J connectivity index is 1.61. The van der Waals surface area contributed by atoms with E-state index in [1.165, 1.54) is 38.5 Å². The molecule has 0 heterocycles. The lowest BCUT2D eigenvalue weighted by Gasteiger charge is -2.12. The minimum Gasteiger partial charge on any atom is -0.507 e. The average Bonchev–Trinajstić information content (AvgIpc) is 2.94. The predicted molar refractivity (Wildman–Crippen MR) is 163 cm³/mol. The largest absolute Gasteiger partial charge is 0.507 e. The minimum atomic E-state index is -0.418. The molecule has 3 aromatic carbocycles. The van der Waals surface area contributed by atoms with Crippen molar-refractivity contribution in [3.63, 3.8) is 0 Å². The van der Waals surface area contributed by atoms with Gasteiger partial charge in [-0.05, 0) is 79.3 Å². The minimum absolute atomic E-state index is 0.0718. The third kappa shape index (κ3) is 9.74. The molecule has 0 aliphatic heterocycles. The highest BCUT2D eigenvalue weighted by Crippen LogP contribution is 2.25. The first-order valence-electron chi connectivity index (χ1n) is 14.8. The van der Waals surface area contributed by atoms with Gasteiger partial charge in [0.25, 0.3) is 11.8 Å². The SMILES string of the molecule is CCCCCCCc1ccc(O)c(C(=O)Nc2cccc(NC(=O)c3cc(CCCCCCC)ccc3O)c2)c1. The van der Waals surface area contributed by atoms with Gasteiger partial charge in [0, 0.05) is 11.4 Å². The quantitative estimate of drug-likeness (QED) is 0.136. The van der Waals surface area contributed by atoms with Crippen LogP contribution in [0.2, 0.25) is 0 Å². The van der Waals surface area contributed by atoms with Gasteiger partial charge in [-0.3, -0.25) is 9.59 Å². The molecule has 6 heteroatoms. The molecule has 0 unspecified atom stereocenters. The normalized spacial score (nSPS) is 10.8. The van der Waals surface area contributed by atoms with Crippen LogP contribution in [0.25, 0.3) is 0 Å². The molecule has 4 N–H and O–H groups in total. The average molecular weight is 545 g/mol. The second-order valence-corrected chi connectivity index (χ2v) is 10.5. The van der Waals surface area contributed by atoms with Crippen LogP contribution in [-0.4, -0.2) is 22.0 Å². The fourth-order valence-electron chi connectivity index (χ4n) is 4.78. The van der Waals surface area contributed by atoms with Crippen molar-refractivity contribution in [2.24, 2.45) is 0 Å². The molecule has 6 nitrogen and oxygen atoms in total. The third-order valence-electron chi connectivity index (χ3n) is 7.13. The topological polar surface area (TPSA) is 98.7 Å². The van der Waals surface area contributed by atoms with Crippen LogP contribution in [0.5, 0.6) is 11.5 Å². The number of unbranched alkanes of at least 4 members (excludes halogenated alkanes) is 8. The summed E-state index contributed by atoms with van der Waals surface area (Å²) in [5.74, 6) is -0.981. The van der Waals surface area contributed by atoms with Crippen LogP contribution in [0.15, 0.2) is 60.7 Å². The molecule has 0 atom stereocenters. The van der Waals surface area contributed by atoms with Gasteiger partial charge in [-0.2, -0.15) is 0 Å². The number of nitrogens with one attached hydrogen (secondary N) is 2.